The van der Waals surface area contributed by atoms with Crippen LogP contribution in [0.15, 0.2) is 23.3 Å². The van der Waals surface area contributed by atoms with Crippen molar-refractivity contribution in [3.63, 3.8) is 0 Å². The number of hydrazone groups is 1. The van der Waals surface area contributed by atoms with Crippen LogP contribution in [0.25, 0.3) is 0 Å². The zero-order chi connectivity index (χ0) is 21.3. The molecule has 0 saturated carbocycles. The Morgan fingerprint density at radius 2 is 1.83 bits per heavy atom. The van der Waals surface area contributed by atoms with Gasteiger partial charge in [-0.05, 0) is 44.9 Å². The van der Waals surface area contributed by atoms with Crippen molar-refractivity contribution in [3.05, 3.63) is 35.4 Å². The van der Waals surface area contributed by atoms with Gasteiger partial charge in [0.1, 0.15) is 23.4 Å². The van der Waals surface area contributed by atoms with Gasteiger partial charge in [0.15, 0.2) is 0 Å². The van der Waals surface area contributed by atoms with Crippen molar-refractivity contribution in [2.24, 2.45) is 11.0 Å². The molecule has 0 radical (unpaired) electrons. The number of carbonyl (C=O) groups is 2. The van der Waals surface area contributed by atoms with Gasteiger partial charge >= 0.3 is 6.09 Å². The van der Waals surface area contributed by atoms with E-state index in [9.17, 15) is 22.8 Å². The molecular weight excluding hydrogens is 387 g/mol. The first-order valence-corrected chi connectivity index (χ1v) is 9.48. The molecule has 2 amide bonds. The predicted octanol–water partition coefficient (Wildman–Crippen LogP) is 3.82. The van der Waals surface area contributed by atoms with Crippen LogP contribution in [0.4, 0.5) is 18.0 Å². The number of ether oxygens (including phenoxy) is 1. The monoisotopic (exact) mass is 411 g/mol. The van der Waals surface area contributed by atoms with E-state index in [0.717, 1.165) is 23.2 Å². The molecule has 0 aromatic heterocycles. The molecule has 9 heteroatoms. The van der Waals surface area contributed by atoms with Gasteiger partial charge in [-0.1, -0.05) is 0 Å². The SMILES string of the molecule is CC(C)(C)OC(=O)N1CC[C@@H](C(=O)N2N=CC[C@@H]2c2cc(F)cc(F)c2)[C@@H](F)C1. The lowest BCUT2D eigenvalue weighted by atomic mass is 9.93. The van der Waals surface area contributed by atoms with Crippen LogP contribution in [0.2, 0.25) is 0 Å². The first-order chi connectivity index (χ1) is 13.5. The highest BCUT2D eigenvalue weighted by Crippen LogP contribution is 2.33. The lowest BCUT2D eigenvalue weighted by Gasteiger charge is -2.36. The zero-order valence-electron chi connectivity index (χ0n) is 16.6. The lowest BCUT2D eigenvalue weighted by Crippen LogP contribution is -2.50. The fourth-order valence-electron chi connectivity index (χ4n) is 3.52. The van der Waals surface area contributed by atoms with E-state index in [1.165, 1.54) is 11.1 Å². The molecule has 3 atom stereocenters. The molecule has 1 aromatic rings. The highest BCUT2D eigenvalue weighted by atomic mass is 19.1. The fraction of sp³-hybridized carbons (Fsp3) is 0.550. The number of nitrogens with zero attached hydrogens (tertiary/aromatic N) is 3. The van der Waals surface area contributed by atoms with Crippen LogP contribution in [0, 0.1) is 17.6 Å². The third-order valence-electron chi connectivity index (χ3n) is 4.84. The standard InChI is InChI=1S/C20H24F3N3O3/c1-20(2,3)29-19(28)25-7-5-15(16(23)11-25)18(27)26-17(4-6-24-26)12-8-13(21)10-14(22)9-12/h6,8-10,15-17H,4-5,7,11H2,1-3H3/t15-,16+,17-/m1/s1. The molecule has 1 fully saturated rings. The van der Waals surface area contributed by atoms with Gasteiger partial charge in [0.05, 0.1) is 18.5 Å². The smallest absolute Gasteiger partial charge is 0.410 e. The summed E-state index contributed by atoms with van der Waals surface area (Å²) in [5, 5.41) is 5.10. The minimum Gasteiger partial charge on any atom is -0.444 e. The number of rotatable bonds is 2. The molecule has 2 aliphatic heterocycles. The Balaban J connectivity index is 1.68. The van der Waals surface area contributed by atoms with E-state index in [0.29, 0.717) is 0 Å². The van der Waals surface area contributed by atoms with Crippen LogP contribution in [-0.4, -0.2) is 53.0 Å². The van der Waals surface area contributed by atoms with E-state index in [4.69, 9.17) is 4.74 Å². The summed E-state index contributed by atoms with van der Waals surface area (Å²) in [6.45, 7) is 5.06. The Kier molecular flexibility index (Phi) is 5.86. The number of piperidine rings is 1. The minimum absolute atomic E-state index is 0.107. The van der Waals surface area contributed by atoms with Crippen LogP contribution in [-0.2, 0) is 9.53 Å². The van der Waals surface area contributed by atoms with E-state index < -0.39 is 47.4 Å². The molecule has 0 spiro atoms. The molecule has 2 heterocycles. The Morgan fingerprint density at radius 3 is 2.41 bits per heavy atom. The molecule has 0 aliphatic carbocycles. The number of alkyl halides is 1. The van der Waals surface area contributed by atoms with Crippen molar-refractivity contribution in [1.82, 2.24) is 9.91 Å². The number of hydrogen-bond acceptors (Lipinski definition) is 4. The molecule has 2 aliphatic rings. The van der Waals surface area contributed by atoms with Gasteiger partial charge in [-0.25, -0.2) is 23.0 Å². The van der Waals surface area contributed by atoms with Crippen molar-refractivity contribution < 1.29 is 27.5 Å². The first kappa shape index (κ1) is 21.1. The van der Waals surface area contributed by atoms with Gasteiger partial charge in [0.25, 0.3) is 0 Å². The predicted molar refractivity (Wildman–Crippen MR) is 99.9 cm³/mol. The number of benzene rings is 1. The maximum atomic E-state index is 14.8. The average molecular weight is 411 g/mol. The minimum atomic E-state index is -1.59. The van der Waals surface area contributed by atoms with Crippen LogP contribution in [0.3, 0.4) is 0 Å². The van der Waals surface area contributed by atoms with E-state index in [1.54, 1.807) is 20.8 Å². The third kappa shape index (κ3) is 4.89. The van der Waals surface area contributed by atoms with Gasteiger partial charge in [0, 0.05) is 25.2 Å². The maximum absolute atomic E-state index is 14.8. The Morgan fingerprint density at radius 1 is 1.17 bits per heavy atom. The number of carbonyl (C=O) groups excluding carboxylic acids is 2. The van der Waals surface area contributed by atoms with Crippen molar-refractivity contribution in [1.29, 1.82) is 0 Å². The van der Waals surface area contributed by atoms with E-state index in [2.05, 4.69) is 5.10 Å². The Hall–Kier alpha value is -2.58. The molecule has 158 valence electrons. The van der Waals surface area contributed by atoms with Gasteiger partial charge in [0.2, 0.25) is 5.91 Å². The number of amides is 2. The Labute approximate surface area is 167 Å². The van der Waals surface area contributed by atoms with Gasteiger partial charge in [-0.2, -0.15) is 5.10 Å². The quantitative estimate of drug-likeness (QED) is 0.743. The average Bonchev–Trinajstić information content (AvgIpc) is 3.08. The van der Waals surface area contributed by atoms with Crippen molar-refractivity contribution in [2.45, 2.75) is 51.4 Å². The number of halogens is 3. The normalized spacial score (nSPS) is 24.7. The summed E-state index contributed by atoms with van der Waals surface area (Å²) >= 11 is 0. The second-order valence-electron chi connectivity index (χ2n) is 8.27. The molecule has 0 N–H and O–H groups in total. The molecule has 0 unspecified atom stereocenters. The molecule has 1 saturated heterocycles. The summed E-state index contributed by atoms with van der Waals surface area (Å²) in [5.74, 6) is -3.07. The molecule has 29 heavy (non-hydrogen) atoms. The van der Waals surface area contributed by atoms with E-state index >= 15 is 0 Å². The summed E-state index contributed by atoms with van der Waals surface area (Å²) in [6, 6.07) is 2.33. The molecule has 1 aromatic carbocycles. The largest absolute Gasteiger partial charge is 0.444 e. The summed E-state index contributed by atoms with van der Waals surface area (Å²) in [5.41, 5.74) is -0.442. The van der Waals surface area contributed by atoms with Gasteiger partial charge < -0.3 is 9.64 Å². The topological polar surface area (TPSA) is 62.2 Å². The van der Waals surface area contributed by atoms with Crippen LogP contribution >= 0.6 is 0 Å². The van der Waals surface area contributed by atoms with Gasteiger partial charge in [-0.15, -0.1) is 0 Å². The van der Waals surface area contributed by atoms with Gasteiger partial charge in [-0.3, -0.25) is 4.79 Å². The lowest BCUT2D eigenvalue weighted by molar-refractivity contribution is -0.141. The van der Waals surface area contributed by atoms with E-state index in [1.807, 2.05) is 0 Å². The highest BCUT2D eigenvalue weighted by Gasteiger charge is 2.42. The second-order valence-corrected chi connectivity index (χ2v) is 8.27. The molecule has 6 nitrogen and oxygen atoms in total. The zero-order valence-corrected chi connectivity index (χ0v) is 16.6. The third-order valence-corrected chi connectivity index (χ3v) is 4.84. The van der Waals surface area contributed by atoms with Crippen molar-refractivity contribution in [3.8, 4) is 0 Å². The maximum Gasteiger partial charge on any atom is 0.410 e. The molecule has 0 bridgehead atoms. The van der Waals surface area contributed by atoms with Crippen molar-refractivity contribution >= 4 is 18.2 Å². The Bertz CT molecular complexity index is 805. The van der Waals surface area contributed by atoms with Crippen molar-refractivity contribution in [2.75, 3.05) is 13.1 Å². The fourth-order valence-corrected chi connectivity index (χ4v) is 3.52. The first-order valence-electron chi connectivity index (χ1n) is 9.48. The molecular formula is C20H24F3N3O3. The summed E-state index contributed by atoms with van der Waals surface area (Å²) in [7, 11) is 0. The van der Waals surface area contributed by atoms with Crippen LogP contribution < -0.4 is 0 Å². The highest BCUT2D eigenvalue weighted by molar-refractivity contribution is 5.83. The summed E-state index contributed by atoms with van der Waals surface area (Å²) in [6.07, 6.45) is -0.366. The second kappa shape index (κ2) is 8.04. The number of likely N-dealkylation sites (tertiary alicyclic amines) is 1. The summed E-state index contributed by atoms with van der Waals surface area (Å²) in [4.78, 5) is 26.3. The number of hydrogen-bond donors (Lipinski definition) is 0. The summed E-state index contributed by atoms with van der Waals surface area (Å²) < 4.78 is 47.2. The van der Waals surface area contributed by atoms with Crippen LogP contribution in [0.1, 0.15) is 45.2 Å². The molecule has 3 rings (SSSR count). The van der Waals surface area contributed by atoms with Crippen LogP contribution in [0.5, 0.6) is 0 Å². The van der Waals surface area contributed by atoms with E-state index in [-0.39, 0.29) is 31.5 Å².